The second-order valence-electron chi connectivity index (χ2n) is 8.45. The number of primary amides is 3. The van der Waals surface area contributed by atoms with Gasteiger partial charge in [0, 0.05) is 53.3 Å². The van der Waals surface area contributed by atoms with Crippen LogP contribution in [0.2, 0.25) is 0 Å². The smallest absolute Gasteiger partial charge is 0.402 e. The molecule has 3 amide bonds. The number of fused-ring (bicyclic) bond motifs is 3. The van der Waals surface area contributed by atoms with Gasteiger partial charge >= 0.3 is 12.2 Å². The first kappa shape index (κ1) is 29.9. The van der Waals surface area contributed by atoms with Crippen molar-refractivity contribution in [2.45, 2.75) is 6.42 Å². The number of carbonyl (C=O) groups excluding carboxylic acids is 1. The van der Waals surface area contributed by atoms with Crippen LogP contribution >= 0.6 is 0 Å². The zero-order valence-corrected chi connectivity index (χ0v) is 21.8. The Morgan fingerprint density at radius 1 is 0.854 bits per heavy atom. The molecule has 13 nitrogen and oxygen atoms in total. The molecule has 41 heavy (non-hydrogen) atoms. The molecule has 5 aromatic rings. The molecule has 0 atom stereocenters. The van der Waals surface area contributed by atoms with E-state index in [1.165, 1.54) is 6.33 Å². The summed E-state index contributed by atoms with van der Waals surface area (Å²) in [7, 11) is 0. The Balaban J connectivity index is 0.000000515. The molecule has 0 aliphatic heterocycles. The molecule has 0 unspecified atom stereocenters. The highest BCUT2D eigenvalue weighted by molar-refractivity contribution is 6.15. The predicted molar refractivity (Wildman–Crippen MR) is 155 cm³/mol. The summed E-state index contributed by atoms with van der Waals surface area (Å²) in [6, 6.07) is 20.0. The Bertz CT molecular complexity index is 1650. The Morgan fingerprint density at radius 2 is 1.49 bits per heavy atom. The largest absolute Gasteiger partial charge is 0.465 e. The fourth-order valence-corrected chi connectivity index (χ4v) is 4.31. The van der Waals surface area contributed by atoms with Crippen LogP contribution in [-0.2, 0) is 0 Å². The van der Waals surface area contributed by atoms with Gasteiger partial charge in [-0.1, -0.05) is 30.3 Å². The molecule has 13 heteroatoms. The third-order valence-electron chi connectivity index (χ3n) is 5.75. The van der Waals surface area contributed by atoms with Crippen LogP contribution in [0.5, 0.6) is 0 Å². The molecule has 0 aliphatic carbocycles. The molecule has 0 bridgehead atoms. The summed E-state index contributed by atoms with van der Waals surface area (Å²) < 4.78 is 2.18. The summed E-state index contributed by atoms with van der Waals surface area (Å²) in [5.41, 5.74) is 19.7. The maximum atomic E-state index is 12.0. The van der Waals surface area contributed by atoms with Crippen LogP contribution in [0.4, 0.5) is 15.3 Å². The first-order valence-corrected chi connectivity index (χ1v) is 12.2. The lowest BCUT2D eigenvalue weighted by Gasteiger charge is -2.14. The van der Waals surface area contributed by atoms with E-state index >= 15 is 0 Å². The van der Waals surface area contributed by atoms with E-state index < -0.39 is 18.1 Å². The van der Waals surface area contributed by atoms with Crippen molar-refractivity contribution < 1.29 is 29.7 Å². The number of aliphatic hydroxyl groups excluding tert-OH is 1. The number of carbonyl (C=O) groups is 3. The average molecular weight is 560 g/mol. The van der Waals surface area contributed by atoms with Gasteiger partial charge in [0.1, 0.15) is 6.33 Å². The summed E-state index contributed by atoms with van der Waals surface area (Å²) in [4.78, 5) is 37.9. The van der Waals surface area contributed by atoms with E-state index in [1.54, 1.807) is 6.07 Å². The van der Waals surface area contributed by atoms with Gasteiger partial charge in [-0.05, 0) is 42.3 Å². The fourth-order valence-electron chi connectivity index (χ4n) is 4.31. The maximum Gasteiger partial charge on any atom is 0.402 e. The van der Waals surface area contributed by atoms with E-state index in [9.17, 15) is 4.79 Å². The molecular weight excluding hydrogens is 530 g/mol. The van der Waals surface area contributed by atoms with Gasteiger partial charge in [-0.3, -0.25) is 4.79 Å². The summed E-state index contributed by atoms with van der Waals surface area (Å²) >= 11 is 0. The fraction of sp³-hybridized carbons (Fsp3) is 0.107. The van der Waals surface area contributed by atoms with Crippen molar-refractivity contribution in [1.82, 2.24) is 14.5 Å². The molecule has 0 aliphatic rings. The highest BCUT2D eigenvalue weighted by Gasteiger charge is 2.17. The number of carboxylic acid groups (broad SMARTS) is 2. The van der Waals surface area contributed by atoms with Crippen LogP contribution in [-0.4, -0.2) is 61.1 Å². The normalized spacial score (nSPS) is 10.2. The van der Waals surface area contributed by atoms with E-state index in [4.69, 9.17) is 30.6 Å². The number of amides is 3. The lowest BCUT2D eigenvalue weighted by atomic mass is 10.0. The van der Waals surface area contributed by atoms with Gasteiger partial charge in [-0.25, -0.2) is 19.6 Å². The minimum atomic E-state index is -1.33. The second kappa shape index (κ2) is 13.9. The Morgan fingerprint density at radius 3 is 2.12 bits per heavy atom. The SMILES string of the molecule is NC(=O)O.NC(=O)O.NC(=O)c1ccc(-n2c3ccccc3c3c(-c4cncnc4)cccc32)cc1NCCCO. The van der Waals surface area contributed by atoms with Crippen molar-refractivity contribution in [2.75, 3.05) is 18.5 Å². The molecule has 0 radical (unpaired) electrons. The van der Waals surface area contributed by atoms with E-state index in [0.29, 0.717) is 24.2 Å². The lowest BCUT2D eigenvalue weighted by molar-refractivity contribution is 0.100. The summed E-state index contributed by atoms with van der Waals surface area (Å²) in [6.45, 7) is 0.600. The van der Waals surface area contributed by atoms with Crippen LogP contribution in [0.25, 0.3) is 38.6 Å². The number of nitrogens with one attached hydrogen (secondary N) is 1. The van der Waals surface area contributed by atoms with E-state index in [0.717, 1.165) is 38.6 Å². The Labute approximate surface area is 233 Å². The molecule has 0 saturated carbocycles. The third kappa shape index (κ3) is 7.46. The van der Waals surface area contributed by atoms with Gasteiger partial charge in [0.15, 0.2) is 0 Å². The minimum absolute atomic E-state index is 0.0669. The zero-order chi connectivity index (χ0) is 29.9. The molecule has 0 saturated heterocycles. The molecular formula is C28H29N7O6. The lowest BCUT2D eigenvalue weighted by Crippen LogP contribution is -2.15. The predicted octanol–water partition coefficient (Wildman–Crippen LogP) is 3.38. The molecule has 0 spiro atoms. The first-order chi connectivity index (χ1) is 19.6. The Hall–Kier alpha value is -5.69. The highest BCUT2D eigenvalue weighted by atomic mass is 16.4. The van der Waals surface area contributed by atoms with Crippen molar-refractivity contribution in [2.24, 2.45) is 17.2 Å². The number of aliphatic hydroxyl groups is 1. The number of hydrogen-bond donors (Lipinski definition) is 7. The van der Waals surface area contributed by atoms with Crippen molar-refractivity contribution in [1.29, 1.82) is 0 Å². The molecule has 5 rings (SSSR count). The summed E-state index contributed by atoms with van der Waals surface area (Å²) in [5.74, 6) is -0.498. The third-order valence-corrected chi connectivity index (χ3v) is 5.75. The van der Waals surface area contributed by atoms with Crippen molar-refractivity contribution >= 4 is 45.6 Å². The number of para-hydroxylation sites is 1. The number of benzene rings is 3. The van der Waals surface area contributed by atoms with Crippen LogP contribution in [0, 0.1) is 0 Å². The van der Waals surface area contributed by atoms with Crippen LogP contribution < -0.4 is 22.5 Å². The van der Waals surface area contributed by atoms with E-state index in [2.05, 4.69) is 55.6 Å². The molecule has 2 heterocycles. The monoisotopic (exact) mass is 559 g/mol. The number of hydrogen-bond acceptors (Lipinski definition) is 7. The number of nitrogens with two attached hydrogens (primary N) is 3. The average Bonchev–Trinajstić information content (AvgIpc) is 3.27. The highest BCUT2D eigenvalue weighted by Crippen LogP contribution is 2.38. The maximum absolute atomic E-state index is 12.0. The van der Waals surface area contributed by atoms with Crippen LogP contribution in [0.1, 0.15) is 16.8 Å². The molecule has 10 N–H and O–H groups in total. The van der Waals surface area contributed by atoms with Gasteiger partial charge < -0.3 is 42.4 Å². The standard InChI is InChI=1S/C26H23N5O2.2CH3NO2/c27-26(33)20-10-9-18(13-22(20)30-11-4-12-32)31-23-7-2-1-5-21(23)25-19(6-3-8-24(25)31)17-14-28-16-29-15-17;2*2-1(3)4/h1-3,5-10,13-16,30,32H,4,11-12H2,(H2,27,33);2*2H2,(H,3,4). The van der Waals surface area contributed by atoms with Gasteiger partial charge in [-0.15, -0.1) is 0 Å². The first-order valence-electron chi connectivity index (χ1n) is 12.2. The van der Waals surface area contributed by atoms with Crippen molar-refractivity contribution in [3.63, 3.8) is 0 Å². The zero-order valence-electron chi connectivity index (χ0n) is 21.8. The van der Waals surface area contributed by atoms with Crippen molar-refractivity contribution in [3.8, 4) is 16.8 Å². The number of rotatable bonds is 7. The summed E-state index contributed by atoms with van der Waals surface area (Å²) in [6.07, 6.45) is 3.07. The number of nitrogens with zero attached hydrogens (tertiary/aromatic N) is 3. The van der Waals surface area contributed by atoms with Gasteiger partial charge in [0.2, 0.25) is 0 Å². The van der Waals surface area contributed by atoms with Gasteiger partial charge in [-0.2, -0.15) is 0 Å². The van der Waals surface area contributed by atoms with E-state index in [-0.39, 0.29) is 6.61 Å². The van der Waals surface area contributed by atoms with Crippen molar-refractivity contribution in [3.05, 3.63) is 84.9 Å². The molecule has 2 aromatic heterocycles. The van der Waals surface area contributed by atoms with E-state index in [1.807, 2.05) is 42.7 Å². The van der Waals surface area contributed by atoms with Crippen LogP contribution in [0.15, 0.2) is 79.4 Å². The topological polar surface area (TPSA) is 233 Å². The van der Waals surface area contributed by atoms with Gasteiger partial charge in [0.05, 0.1) is 16.6 Å². The summed E-state index contributed by atoms with van der Waals surface area (Å²) in [5, 5.41) is 29.0. The van der Waals surface area contributed by atoms with Crippen LogP contribution in [0.3, 0.4) is 0 Å². The second-order valence-corrected chi connectivity index (χ2v) is 8.45. The molecule has 3 aromatic carbocycles. The minimum Gasteiger partial charge on any atom is -0.465 e. The number of anilines is 1. The van der Waals surface area contributed by atoms with Gasteiger partial charge in [0.25, 0.3) is 5.91 Å². The molecule has 0 fully saturated rings. The molecule has 212 valence electrons. The quantitative estimate of drug-likeness (QED) is 0.145. The number of aromatic nitrogens is 3. The Kier molecular flexibility index (Phi) is 10.1.